The highest BCUT2D eigenvalue weighted by Crippen LogP contribution is 2.43. The number of hydrogen-bond acceptors (Lipinski definition) is 9. The summed E-state index contributed by atoms with van der Waals surface area (Å²) in [7, 11) is -2.98. The molecular weight excluding hydrogens is 585 g/mol. The van der Waals surface area contributed by atoms with Crippen molar-refractivity contribution in [3.63, 3.8) is 0 Å². The molecule has 3 fully saturated rings. The van der Waals surface area contributed by atoms with Crippen molar-refractivity contribution in [1.29, 1.82) is 4.78 Å². The zero-order valence-corrected chi connectivity index (χ0v) is 26.8. The van der Waals surface area contributed by atoms with Gasteiger partial charge < -0.3 is 20.1 Å². The fourth-order valence-corrected chi connectivity index (χ4v) is 9.20. The van der Waals surface area contributed by atoms with Gasteiger partial charge in [-0.2, -0.15) is 5.10 Å². The fraction of sp³-hybridized carbons (Fsp3) is 0.581. The molecule has 1 aromatic carbocycles. The molecule has 2 aliphatic carbocycles. The van der Waals surface area contributed by atoms with Gasteiger partial charge in [-0.3, -0.25) is 0 Å². The Bertz CT molecular complexity index is 1550. The third-order valence-corrected chi connectivity index (χ3v) is 12.1. The summed E-state index contributed by atoms with van der Waals surface area (Å²) in [5.41, 5.74) is 2.61. The second kappa shape index (κ2) is 12.6. The van der Waals surface area contributed by atoms with Crippen LogP contribution in [0.1, 0.15) is 94.5 Å². The molecule has 2 unspecified atom stereocenters. The van der Waals surface area contributed by atoms with E-state index in [4.69, 9.17) is 24.3 Å². The molecule has 1 aliphatic heterocycles. The van der Waals surface area contributed by atoms with Gasteiger partial charge in [0.05, 0.1) is 30.6 Å². The number of amides is 1. The summed E-state index contributed by atoms with van der Waals surface area (Å²) in [5, 5.41) is 12.1. The molecule has 12 heteroatoms. The summed E-state index contributed by atoms with van der Waals surface area (Å²) >= 11 is 1.63. The van der Waals surface area contributed by atoms with Crippen LogP contribution >= 0.6 is 11.3 Å². The van der Waals surface area contributed by atoms with E-state index in [1.807, 2.05) is 55.9 Å². The van der Waals surface area contributed by atoms with Crippen LogP contribution in [0.25, 0.3) is 10.4 Å². The van der Waals surface area contributed by atoms with Gasteiger partial charge in [0, 0.05) is 53.0 Å². The zero-order valence-electron chi connectivity index (χ0n) is 25.1. The molecule has 6 rings (SSSR count). The van der Waals surface area contributed by atoms with Gasteiger partial charge in [0.2, 0.25) is 0 Å². The minimum atomic E-state index is -2.98. The minimum Gasteiger partial charge on any atom is -0.447 e. The lowest BCUT2D eigenvalue weighted by Gasteiger charge is -2.28. The van der Waals surface area contributed by atoms with Crippen LogP contribution < -0.4 is 10.6 Å². The van der Waals surface area contributed by atoms with Gasteiger partial charge >= 0.3 is 6.09 Å². The lowest BCUT2D eigenvalue weighted by Crippen LogP contribution is -2.38. The SMILES string of the molecule is Cc1cc(Nc2ccc(-c3cnc(C4CCC(NC(=O)OC(C)C)CC4)s3)c(S(=N)(=O)C3CC3)c2)nn1C1CCCCO1. The summed E-state index contributed by atoms with van der Waals surface area (Å²) in [5.74, 6) is 1.02. The number of alkyl carbamates (subject to hydrolysis) is 1. The van der Waals surface area contributed by atoms with E-state index in [-0.39, 0.29) is 29.7 Å². The topological polar surface area (TPSA) is 131 Å². The van der Waals surface area contributed by atoms with Crippen LogP contribution in [0.5, 0.6) is 0 Å². The van der Waals surface area contributed by atoms with Crippen molar-refractivity contribution in [2.24, 2.45) is 0 Å². The van der Waals surface area contributed by atoms with Gasteiger partial charge in [0.25, 0.3) is 0 Å². The number of nitrogens with one attached hydrogen (secondary N) is 3. The number of ether oxygens (including phenoxy) is 2. The number of aryl methyl sites for hydroxylation is 1. The van der Waals surface area contributed by atoms with E-state index in [0.717, 1.165) is 91.2 Å². The molecule has 3 aliphatic rings. The Hall–Kier alpha value is -2.96. The van der Waals surface area contributed by atoms with Crippen LogP contribution in [0.4, 0.5) is 16.3 Å². The standard InChI is InChI=1S/C31H42N6O4S2/c1-19(2)41-31(38)35-22-9-7-21(8-10-22)30-33-18-26(42-30)25-14-11-23(17-27(25)43(32,39)24-12-13-24)34-28-16-20(3)37(36-28)29-6-4-5-15-40-29/h11,14,16-19,21-22,24,29,32H,4-10,12-13,15H2,1-3H3,(H,34,36)(H,35,38). The summed E-state index contributed by atoms with van der Waals surface area (Å²) < 4.78 is 35.9. The zero-order chi connectivity index (χ0) is 30.1. The van der Waals surface area contributed by atoms with Crippen LogP contribution in [-0.4, -0.2) is 49.1 Å². The summed E-state index contributed by atoms with van der Waals surface area (Å²) in [4.78, 5) is 18.3. The van der Waals surface area contributed by atoms with Crippen molar-refractivity contribution in [2.75, 3.05) is 11.9 Å². The molecule has 0 spiro atoms. The second-order valence-corrected chi connectivity index (χ2v) is 15.7. The summed E-state index contributed by atoms with van der Waals surface area (Å²) in [6.07, 6.45) is 9.76. The highest BCUT2D eigenvalue weighted by Gasteiger charge is 2.36. The van der Waals surface area contributed by atoms with Gasteiger partial charge in [-0.25, -0.2) is 23.4 Å². The molecular formula is C31H42N6O4S2. The highest BCUT2D eigenvalue weighted by molar-refractivity contribution is 7.93. The smallest absolute Gasteiger partial charge is 0.407 e. The van der Waals surface area contributed by atoms with Crippen molar-refractivity contribution >= 4 is 38.7 Å². The molecule has 2 saturated carbocycles. The molecule has 3 heterocycles. The average molecular weight is 627 g/mol. The Kier molecular flexibility index (Phi) is 8.79. The Balaban J connectivity index is 1.19. The molecule has 0 bridgehead atoms. The Morgan fingerprint density at radius 1 is 1.14 bits per heavy atom. The molecule has 232 valence electrons. The maximum Gasteiger partial charge on any atom is 0.407 e. The van der Waals surface area contributed by atoms with Gasteiger partial charge in [-0.15, -0.1) is 11.3 Å². The third-order valence-electron chi connectivity index (χ3n) is 8.46. The first-order valence-electron chi connectivity index (χ1n) is 15.5. The molecule has 10 nitrogen and oxygen atoms in total. The van der Waals surface area contributed by atoms with Gasteiger partial charge in [0.1, 0.15) is 0 Å². The molecule has 1 amide bonds. The van der Waals surface area contributed by atoms with Crippen molar-refractivity contribution in [1.82, 2.24) is 20.1 Å². The number of thiazole rings is 1. The van der Waals surface area contributed by atoms with E-state index >= 15 is 0 Å². The third kappa shape index (κ3) is 6.91. The number of carbonyl (C=O) groups excluding carboxylic acids is 1. The van der Waals surface area contributed by atoms with Gasteiger partial charge in [-0.1, -0.05) is 6.07 Å². The molecule has 3 N–H and O–H groups in total. The predicted octanol–water partition coefficient (Wildman–Crippen LogP) is 7.49. The van der Waals surface area contributed by atoms with E-state index in [1.54, 1.807) is 11.3 Å². The Labute approximate surface area is 257 Å². The van der Waals surface area contributed by atoms with E-state index in [0.29, 0.717) is 16.6 Å². The lowest BCUT2D eigenvalue weighted by molar-refractivity contribution is -0.0404. The first kappa shape index (κ1) is 30.1. The number of hydrogen-bond donors (Lipinski definition) is 3. The van der Waals surface area contributed by atoms with Crippen molar-refractivity contribution in [2.45, 2.75) is 113 Å². The number of carbonyl (C=O) groups is 1. The molecule has 2 atom stereocenters. The van der Waals surface area contributed by atoms with Crippen LogP contribution in [0.15, 0.2) is 35.4 Å². The lowest BCUT2D eigenvalue weighted by atomic mass is 9.86. The fourth-order valence-electron chi connectivity index (χ4n) is 6.04. The highest BCUT2D eigenvalue weighted by atomic mass is 32.2. The first-order chi connectivity index (χ1) is 20.7. The largest absolute Gasteiger partial charge is 0.447 e. The minimum absolute atomic E-state index is 0.0442. The quantitative estimate of drug-likeness (QED) is 0.224. The predicted molar refractivity (Wildman–Crippen MR) is 169 cm³/mol. The van der Waals surface area contributed by atoms with Crippen molar-refractivity contribution < 1.29 is 18.5 Å². The average Bonchev–Trinajstić information content (AvgIpc) is 3.64. The van der Waals surface area contributed by atoms with Crippen LogP contribution in [0.3, 0.4) is 0 Å². The van der Waals surface area contributed by atoms with E-state index in [2.05, 4.69) is 10.6 Å². The summed E-state index contributed by atoms with van der Waals surface area (Å²) in [6, 6.07) is 7.93. The van der Waals surface area contributed by atoms with Crippen LogP contribution in [0.2, 0.25) is 0 Å². The molecule has 2 aromatic heterocycles. The van der Waals surface area contributed by atoms with Gasteiger partial charge in [-0.05, 0) is 90.7 Å². The van der Waals surface area contributed by atoms with Crippen molar-refractivity contribution in [3.8, 4) is 10.4 Å². The Morgan fingerprint density at radius 2 is 1.93 bits per heavy atom. The van der Waals surface area contributed by atoms with Gasteiger partial charge in [0.15, 0.2) is 12.0 Å². The number of benzene rings is 1. The monoisotopic (exact) mass is 626 g/mol. The normalized spacial score (nSPS) is 24.0. The number of anilines is 2. The molecule has 0 radical (unpaired) electrons. The Morgan fingerprint density at radius 3 is 2.63 bits per heavy atom. The molecule has 1 saturated heterocycles. The maximum absolute atomic E-state index is 13.9. The van der Waals surface area contributed by atoms with E-state index in [9.17, 15) is 9.00 Å². The maximum atomic E-state index is 13.9. The van der Waals surface area contributed by atoms with Crippen LogP contribution in [0, 0.1) is 11.7 Å². The van der Waals surface area contributed by atoms with Crippen molar-refractivity contribution in [3.05, 3.63) is 41.2 Å². The molecule has 43 heavy (non-hydrogen) atoms. The first-order valence-corrected chi connectivity index (χ1v) is 17.9. The number of nitrogens with zero attached hydrogens (tertiary/aromatic N) is 3. The number of aromatic nitrogens is 3. The van der Waals surface area contributed by atoms with E-state index < -0.39 is 9.73 Å². The number of rotatable bonds is 9. The second-order valence-electron chi connectivity index (χ2n) is 12.3. The van der Waals surface area contributed by atoms with Crippen LogP contribution in [-0.2, 0) is 19.2 Å². The summed E-state index contributed by atoms with van der Waals surface area (Å²) in [6.45, 7) is 6.47. The molecule has 3 aromatic rings. The van der Waals surface area contributed by atoms with E-state index in [1.165, 1.54) is 0 Å².